The van der Waals surface area contributed by atoms with E-state index in [1.54, 1.807) is 6.20 Å². The van der Waals surface area contributed by atoms with Crippen LogP contribution in [0.2, 0.25) is 0 Å². The number of hydrogen-bond donors (Lipinski definition) is 3. The van der Waals surface area contributed by atoms with Crippen molar-refractivity contribution in [2.75, 3.05) is 11.1 Å². The van der Waals surface area contributed by atoms with Crippen molar-refractivity contribution in [3.05, 3.63) is 59.9 Å². The number of para-hydroxylation sites is 1. The third kappa shape index (κ3) is 2.24. The van der Waals surface area contributed by atoms with Gasteiger partial charge in [-0.2, -0.15) is 0 Å². The largest absolute Gasteiger partial charge is 0.384 e. The number of anilines is 3. The number of ketones is 1. The van der Waals surface area contributed by atoms with Crippen molar-refractivity contribution in [1.82, 2.24) is 9.97 Å². The first-order chi connectivity index (χ1) is 13.0. The van der Waals surface area contributed by atoms with Crippen molar-refractivity contribution >= 4 is 23.0 Å². The van der Waals surface area contributed by atoms with Gasteiger partial charge in [0, 0.05) is 35.0 Å². The highest BCUT2D eigenvalue weighted by Gasteiger charge is 2.58. The van der Waals surface area contributed by atoms with Crippen molar-refractivity contribution in [2.45, 2.75) is 26.2 Å². The van der Waals surface area contributed by atoms with E-state index in [0.717, 1.165) is 40.3 Å². The molecule has 136 valence electrons. The lowest BCUT2D eigenvalue weighted by atomic mass is 9.48. The van der Waals surface area contributed by atoms with Crippen molar-refractivity contribution < 1.29 is 4.79 Å². The average molecular weight is 358 g/mol. The molecule has 4 N–H and O–H groups in total. The zero-order valence-electron chi connectivity index (χ0n) is 15.4. The van der Waals surface area contributed by atoms with Crippen LogP contribution in [0.15, 0.2) is 48.7 Å². The Bertz CT molecular complexity index is 1050. The molecule has 0 saturated heterocycles. The Morgan fingerprint density at radius 3 is 2.67 bits per heavy atom. The fourth-order valence-corrected chi connectivity index (χ4v) is 4.68. The molecule has 5 nitrogen and oxygen atoms in total. The lowest BCUT2D eigenvalue weighted by Crippen LogP contribution is -2.51. The molecular weight excluding hydrogens is 336 g/mol. The maximum atomic E-state index is 13.3. The van der Waals surface area contributed by atoms with Gasteiger partial charge in [-0.15, -0.1) is 0 Å². The van der Waals surface area contributed by atoms with Crippen LogP contribution in [-0.2, 0) is 0 Å². The molecule has 2 heterocycles. The molecule has 1 aromatic carbocycles. The number of nitrogens with zero attached hydrogens (tertiary/aromatic N) is 1. The Kier molecular flexibility index (Phi) is 3.26. The molecular formula is C22H22N4O. The quantitative estimate of drug-likeness (QED) is 0.632. The van der Waals surface area contributed by atoms with Gasteiger partial charge in [0.25, 0.3) is 0 Å². The molecule has 3 aliphatic rings. The number of nitrogen functional groups attached to an aromatic ring is 1. The number of nitrogens with one attached hydrogen (secondary N) is 2. The third-order valence-electron chi connectivity index (χ3n) is 6.32. The molecule has 3 aromatic rings. The monoisotopic (exact) mass is 358 g/mol. The number of nitrogens with two attached hydrogens (primary N) is 1. The highest BCUT2D eigenvalue weighted by molar-refractivity contribution is 6.10. The third-order valence-corrected chi connectivity index (χ3v) is 6.32. The first-order valence-corrected chi connectivity index (χ1v) is 9.31. The van der Waals surface area contributed by atoms with Crippen LogP contribution < -0.4 is 11.1 Å². The maximum Gasteiger partial charge on any atom is 0.170 e. The van der Waals surface area contributed by atoms with Crippen LogP contribution in [0.5, 0.6) is 0 Å². The van der Waals surface area contributed by atoms with Gasteiger partial charge >= 0.3 is 0 Å². The zero-order chi connectivity index (χ0) is 18.8. The summed E-state index contributed by atoms with van der Waals surface area (Å²) in [4.78, 5) is 21.0. The number of hydrogen-bond acceptors (Lipinski definition) is 4. The van der Waals surface area contributed by atoms with Gasteiger partial charge in [0.1, 0.15) is 5.82 Å². The van der Waals surface area contributed by atoms with E-state index in [4.69, 9.17) is 5.73 Å². The van der Waals surface area contributed by atoms with Crippen LogP contribution in [0.4, 0.5) is 17.2 Å². The molecule has 2 atom stereocenters. The Balaban J connectivity index is 1.72. The molecule has 0 aliphatic heterocycles. The van der Waals surface area contributed by atoms with Gasteiger partial charge in [0.2, 0.25) is 0 Å². The SMILES string of the molecule is CC1(C)C2CC1c1[nH]c(-c3ccnc(N)c3)c(Nc3ccccc3)c1C2=O. The van der Waals surface area contributed by atoms with Gasteiger partial charge in [0.15, 0.2) is 5.78 Å². The summed E-state index contributed by atoms with van der Waals surface area (Å²) < 4.78 is 0. The van der Waals surface area contributed by atoms with E-state index < -0.39 is 0 Å². The summed E-state index contributed by atoms with van der Waals surface area (Å²) in [5.74, 6) is 1.17. The van der Waals surface area contributed by atoms with E-state index in [1.165, 1.54) is 0 Å². The number of Topliss-reactive ketones (excluding diaryl/α,β-unsaturated/α-hetero) is 1. The number of benzene rings is 1. The van der Waals surface area contributed by atoms with Crippen LogP contribution in [0, 0.1) is 11.3 Å². The molecule has 0 radical (unpaired) electrons. The van der Waals surface area contributed by atoms with E-state index in [1.807, 2.05) is 42.5 Å². The minimum Gasteiger partial charge on any atom is -0.384 e. The molecule has 0 spiro atoms. The molecule has 2 aromatic heterocycles. The molecule has 2 bridgehead atoms. The Morgan fingerprint density at radius 2 is 1.96 bits per heavy atom. The van der Waals surface area contributed by atoms with Gasteiger partial charge < -0.3 is 16.0 Å². The fourth-order valence-electron chi connectivity index (χ4n) is 4.68. The number of carbonyl (C=O) groups is 1. The fraction of sp³-hybridized carbons (Fsp3) is 0.273. The summed E-state index contributed by atoms with van der Waals surface area (Å²) in [6.07, 6.45) is 2.63. The van der Waals surface area contributed by atoms with Crippen molar-refractivity contribution in [3.63, 3.8) is 0 Å². The minimum absolute atomic E-state index is 0.00744. The Morgan fingerprint density at radius 1 is 1.19 bits per heavy atom. The topological polar surface area (TPSA) is 83.8 Å². The number of H-pyrrole nitrogens is 1. The molecule has 1 fully saturated rings. The zero-order valence-corrected chi connectivity index (χ0v) is 15.4. The Hall–Kier alpha value is -3.08. The molecule has 27 heavy (non-hydrogen) atoms. The van der Waals surface area contributed by atoms with Gasteiger partial charge in [-0.1, -0.05) is 32.0 Å². The summed E-state index contributed by atoms with van der Waals surface area (Å²) in [6.45, 7) is 4.39. The smallest absolute Gasteiger partial charge is 0.170 e. The maximum absolute atomic E-state index is 13.3. The minimum atomic E-state index is 0.00744. The summed E-state index contributed by atoms with van der Waals surface area (Å²) in [5.41, 5.74) is 11.4. The van der Waals surface area contributed by atoms with Crippen molar-refractivity contribution in [2.24, 2.45) is 11.3 Å². The van der Waals surface area contributed by atoms with Crippen LogP contribution in [0.25, 0.3) is 11.3 Å². The van der Waals surface area contributed by atoms with Crippen LogP contribution in [-0.4, -0.2) is 15.8 Å². The van der Waals surface area contributed by atoms with Gasteiger partial charge in [-0.05, 0) is 36.1 Å². The highest BCUT2D eigenvalue weighted by Crippen LogP contribution is 2.63. The van der Waals surface area contributed by atoms with Gasteiger partial charge in [-0.25, -0.2) is 4.98 Å². The highest BCUT2D eigenvalue weighted by atomic mass is 16.1. The first kappa shape index (κ1) is 16.1. The summed E-state index contributed by atoms with van der Waals surface area (Å²) in [6, 6.07) is 13.7. The van der Waals surface area contributed by atoms with Crippen molar-refractivity contribution in [3.8, 4) is 11.3 Å². The number of aromatic amines is 1. The van der Waals surface area contributed by atoms with E-state index in [9.17, 15) is 4.79 Å². The standard InChI is InChI=1S/C22H22N4O/c1-22(2)14-11-15(22)21(27)17-19(14)26-18(12-8-9-24-16(23)10-12)20(17)25-13-6-4-3-5-7-13/h3-10,14-15,25-26H,11H2,1-2H3,(H2,23,24). The molecule has 1 saturated carbocycles. The number of rotatable bonds is 3. The van der Waals surface area contributed by atoms with Crippen LogP contribution in [0.1, 0.15) is 42.2 Å². The van der Waals surface area contributed by atoms with E-state index in [0.29, 0.717) is 11.7 Å². The average Bonchev–Trinajstić information content (AvgIpc) is 3.02. The lowest BCUT2D eigenvalue weighted by Gasteiger charge is -2.54. The second-order valence-electron chi connectivity index (χ2n) is 8.15. The van der Waals surface area contributed by atoms with E-state index in [2.05, 4.69) is 29.1 Å². The first-order valence-electron chi connectivity index (χ1n) is 9.31. The van der Waals surface area contributed by atoms with Crippen LogP contribution >= 0.6 is 0 Å². The van der Waals surface area contributed by atoms with Crippen LogP contribution in [0.3, 0.4) is 0 Å². The molecule has 6 rings (SSSR count). The Labute approximate surface area is 158 Å². The molecule has 5 heteroatoms. The second-order valence-corrected chi connectivity index (χ2v) is 8.15. The number of pyridine rings is 1. The molecule has 2 unspecified atom stereocenters. The number of aromatic nitrogens is 2. The van der Waals surface area contributed by atoms with E-state index in [-0.39, 0.29) is 17.1 Å². The summed E-state index contributed by atoms with van der Waals surface area (Å²) in [7, 11) is 0. The predicted molar refractivity (Wildman–Crippen MR) is 107 cm³/mol. The lowest BCUT2D eigenvalue weighted by molar-refractivity contribution is 0.0196. The van der Waals surface area contributed by atoms with E-state index >= 15 is 0 Å². The number of carbonyl (C=O) groups excluding carboxylic acids is 1. The van der Waals surface area contributed by atoms with Gasteiger partial charge in [-0.3, -0.25) is 4.79 Å². The summed E-state index contributed by atoms with van der Waals surface area (Å²) in [5, 5.41) is 3.48. The van der Waals surface area contributed by atoms with Gasteiger partial charge in [0.05, 0.1) is 16.9 Å². The predicted octanol–water partition coefficient (Wildman–Crippen LogP) is 4.73. The molecule has 3 aliphatic carbocycles. The summed E-state index contributed by atoms with van der Waals surface area (Å²) >= 11 is 0. The second kappa shape index (κ2) is 5.46. The molecule has 0 amide bonds. The normalized spacial score (nSPS) is 22.1. The van der Waals surface area contributed by atoms with Crippen molar-refractivity contribution in [1.29, 1.82) is 0 Å².